The standard InChI is InChI=1S/C13H15N5O3/c1-7-4-8(2)11(5-10(7)18(19)20)21-12-9(3)6-15-13(16-12)17-14/h4-6H,14H2,1-3H3,(H,15,16,17). The predicted octanol–water partition coefficient (Wildman–Crippen LogP) is 2.39. The van der Waals surface area contributed by atoms with Gasteiger partial charge in [0.2, 0.25) is 11.8 Å². The molecule has 0 fully saturated rings. The van der Waals surface area contributed by atoms with E-state index in [0.717, 1.165) is 5.56 Å². The lowest BCUT2D eigenvalue weighted by Crippen LogP contribution is -2.11. The first kappa shape index (κ1) is 14.7. The number of nitro benzene ring substituents is 1. The van der Waals surface area contributed by atoms with Crippen molar-refractivity contribution >= 4 is 11.6 Å². The van der Waals surface area contributed by atoms with Gasteiger partial charge >= 0.3 is 0 Å². The third-order valence-corrected chi connectivity index (χ3v) is 2.95. The Labute approximate surface area is 121 Å². The number of aromatic nitrogens is 2. The van der Waals surface area contributed by atoms with Gasteiger partial charge in [0.1, 0.15) is 5.75 Å². The van der Waals surface area contributed by atoms with Crippen molar-refractivity contribution in [2.24, 2.45) is 5.84 Å². The minimum Gasteiger partial charge on any atom is -0.438 e. The highest BCUT2D eigenvalue weighted by Gasteiger charge is 2.16. The van der Waals surface area contributed by atoms with E-state index in [0.29, 0.717) is 22.8 Å². The van der Waals surface area contributed by atoms with Crippen LogP contribution in [-0.4, -0.2) is 14.9 Å². The molecule has 0 aliphatic rings. The zero-order valence-corrected chi connectivity index (χ0v) is 11.9. The lowest BCUT2D eigenvalue weighted by atomic mass is 10.1. The van der Waals surface area contributed by atoms with Crippen LogP contribution in [0.15, 0.2) is 18.3 Å². The Hall–Kier alpha value is -2.74. The third kappa shape index (κ3) is 3.06. The maximum atomic E-state index is 11.0. The van der Waals surface area contributed by atoms with E-state index in [1.54, 1.807) is 26.1 Å². The summed E-state index contributed by atoms with van der Waals surface area (Å²) in [5.74, 6) is 6.12. The molecule has 0 aliphatic heterocycles. The second-order valence-electron chi connectivity index (χ2n) is 4.59. The van der Waals surface area contributed by atoms with Crippen LogP contribution in [-0.2, 0) is 0 Å². The molecular weight excluding hydrogens is 274 g/mol. The van der Waals surface area contributed by atoms with Gasteiger partial charge in [-0.3, -0.25) is 15.5 Å². The highest BCUT2D eigenvalue weighted by atomic mass is 16.6. The number of ether oxygens (including phenoxy) is 1. The summed E-state index contributed by atoms with van der Waals surface area (Å²) in [6, 6.07) is 3.09. The SMILES string of the molecule is Cc1cc(C)c([N+](=O)[O-])cc1Oc1nc(NN)ncc1C. The van der Waals surface area contributed by atoms with Gasteiger partial charge in [-0.2, -0.15) is 4.98 Å². The number of benzene rings is 1. The summed E-state index contributed by atoms with van der Waals surface area (Å²) in [7, 11) is 0. The Kier molecular flexibility index (Phi) is 3.99. The van der Waals surface area contributed by atoms with Crippen LogP contribution >= 0.6 is 0 Å². The molecule has 0 spiro atoms. The lowest BCUT2D eigenvalue weighted by molar-refractivity contribution is -0.385. The van der Waals surface area contributed by atoms with E-state index in [1.165, 1.54) is 6.07 Å². The number of aryl methyl sites for hydroxylation is 3. The van der Waals surface area contributed by atoms with E-state index < -0.39 is 4.92 Å². The molecule has 1 aromatic heterocycles. The number of hydrogen-bond acceptors (Lipinski definition) is 7. The van der Waals surface area contributed by atoms with Crippen molar-refractivity contribution in [1.82, 2.24) is 9.97 Å². The van der Waals surface area contributed by atoms with Gasteiger partial charge in [-0.05, 0) is 32.4 Å². The molecule has 0 amide bonds. The second-order valence-corrected chi connectivity index (χ2v) is 4.59. The molecule has 21 heavy (non-hydrogen) atoms. The highest BCUT2D eigenvalue weighted by molar-refractivity contribution is 5.51. The zero-order chi connectivity index (χ0) is 15.6. The summed E-state index contributed by atoms with van der Waals surface area (Å²) in [5, 5.41) is 11.0. The van der Waals surface area contributed by atoms with Crippen LogP contribution in [0.25, 0.3) is 0 Å². The molecule has 0 atom stereocenters. The number of nitrogens with zero attached hydrogens (tertiary/aromatic N) is 3. The van der Waals surface area contributed by atoms with Crippen LogP contribution in [0.3, 0.4) is 0 Å². The number of nitro groups is 1. The van der Waals surface area contributed by atoms with Crippen molar-refractivity contribution in [3.05, 3.63) is 45.1 Å². The minimum atomic E-state index is -0.443. The number of nitrogens with one attached hydrogen (secondary N) is 1. The molecule has 8 heteroatoms. The molecule has 0 radical (unpaired) electrons. The molecule has 8 nitrogen and oxygen atoms in total. The monoisotopic (exact) mass is 289 g/mol. The van der Waals surface area contributed by atoms with Gasteiger partial charge in [0, 0.05) is 17.3 Å². The summed E-state index contributed by atoms with van der Waals surface area (Å²) < 4.78 is 5.68. The number of hydrogen-bond donors (Lipinski definition) is 2. The van der Waals surface area contributed by atoms with Crippen molar-refractivity contribution < 1.29 is 9.66 Å². The van der Waals surface area contributed by atoms with Crippen molar-refractivity contribution in [3.8, 4) is 11.6 Å². The first-order valence-electron chi connectivity index (χ1n) is 6.16. The fraction of sp³-hybridized carbons (Fsp3) is 0.231. The molecule has 0 saturated heterocycles. The van der Waals surface area contributed by atoms with Gasteiger partial charge in [0.25, 0.3) is 5.69 Å². The Bertz CT molecular complexity index is 702. The van der Waals surface area contributed by atoms with Gasteiger partial charge in [0.05, 0.1) is 11.0 Å². The number of rotatable bonds is 4. The van der Waals surface area contributed by atoms with Crippen molar-refractivity contribution in [3.63, 3.8) is 0 Å². The Morgan fingerprint density at radius 2 is 1.95 bits per heavy atom. The lowest BCUT2D eigenvalue weighted by Gasteiger charge is -2.11. The number of hydrazine groups is 1. The fourth-order valence-corrected chi connectivity index (χ4v) is 1.83. The van der Waals surface area contributed by atoms with E-state index in [-0.39, 0.29) is 11.6 Å². The number of nitrogen functional groups attached to an aromatic ring is 1. The first-order chi connectivity index (χ1) is 9.92. The van der Waals surface area contributed by atoms with Gasteiger partial charge in [-0.1, -0.05) is 0 Å². The second kappa shape index (κ2) is 5.71. The van der Waals surface area contributed by atoms with Crippen LogP contribution in [0.5, 0.6) is 11.6 Å². The maximum Gasteiger partial charge on any atom is 0.276 e. The molecule has 110 valence electrons. The zero-order valence-electron chi connectivity index (χ0n) is 11.9. The van der Waals surface area contributed by atoms with Gasteiger partial charge in [-0.25, -0.2) is 10.8 Å². The van der Waals surface area contributed by atoms with Crippen LogP contribution < -0.4 is 16.0 Å². The molecule has 0 aliphatic carbocycles. The third-order valence-electron chi connectivity index (χ3n) is 2.95. The van der Waals surface area contributed by atoms with Gasteiger partial charge in [0.15, 0.2) is 0 Å². The fourth-order valence-electron chi connectivity index (χ4n) is 1.83. The molecule has 0 unspecified atom stereocenters. The molecule has 2 rings (SSSR count). The normalized spacial score (nSPS) is 10.3. The number of anilines is 1. The molecule has 1 aromatic carbocycles. The average molecular weight is 289 g/mol. The Balaban J connectivity index is 2.44. The summed E-state index contributed by atoms with van der Waals surface area (Å²) >= 11 is 0. The van der Waals surface area contributed by atoms with E-state index in [4.69, 9.17) is 10.6 Å². The summed E-state index contributed by atoms with van der Waals surface area (Å²) in [6.07, 6.45) is 1.55. The molecule has 3 N–H and O–H groups in total. The van der Waals surface area contributed by atoms with Crippen molar-refractivity contribution in [1.29, 1.82) is 0 Å². The quantitative estimate of drug-likeness (QED) is 0.504. The smallest absolute Gasteiger partial charge is 0.276 e. The van der Waals surface area contributed by atoms with E-state index >= 15 is 0 Å². The number of nitrogens with two attached hydrogens (primary N) is 1. The predicted molar refractivity (Wildman–Crippen MR) is 77.2 cm³/mol. The minimum absolute atomic E-state index is 0.000479. The van der Waals surface area contributed by atoms with Crippen molar-refractivity contribution in [2.75, 3.05) is 5.43 Å². The van der Waals surface area contributed by atoms with Gasteiger partial charge in [-0.15, -0.1) is 0 Å². The largest absolute Gasteiger partial charge is 0.438 e. The van der Waals surface area contributed by atoms with E-state index in [9.17, 15) is 10.1 Å². The van der Waals surface area contributed by atoms with Crippen LogP contribution in [0, 0.1) is 30.9 Å². The van der Waals surface area contributed by atoms with Crippen LogP contribution in [0.1, 0.15) is 16.7 Å². The first-order valence-corrected chi connectivity index (χ1v) is 6.16. The summed E-state index contributed by atoms with van der Waals surface area (Å²) in [6.45, 7) is 5.26. The van der Waals surface area contributed by atoms with Crippen LogP contribution in [0.2, 0.25) is 0 Å². The summed E-state index contributed by atoms with van der Waals surface area (Å²) in [5.41, 5.74) is 4.37. The maximum absolute atomic E-state index is 11.0. The Morgan fingerprint density at radius 1 is 1.24 bits per heavy atom. The molecule has 2 aromatic rings. The van der Waals surface area contributed by atoms with Crippen LogP contribution in [0.4, 0.5) is 11.6 Å². The summed E-state index contributed by atoms with van der Waals surface area (Å²) in [4.78, 5) is 18.6. The van der Waals surface area contributed by atoms with Crippen molar-refractivity contribution in [2.45, 2.75) is 20.8 Å². The van der Waals surface area contributed by atoms with E-state index in [2.05, 4.69) is 15.4 Å². The topological polar surface area (TPSA) is 116 Å². The average Bonchev–Trinajstić information content (AvgIpc) is 2.43. The molecule has 0 saturated carbocycles. The van der Waals surface area contributed by atoms with Gasteiger partial charge < -0.3 is 4.74 Å². The molecule has 0 bridgehead atoms. The Morgan fingerprint density at radius 3 is 2.57 bits per heavy atom. The molecule has 1 heterocycles. The molecular formula is C13H15N5O3. The van der Waals surface area contributed by atoms with E-state index in [1.807, 2.05) is 6.92 Å². The highest BCUT2D eigenvalue weighted by Crippen LogP contribution is 2.32.